The Balaban J connectivity index is 0.000000213. The van der Waals surface area contributed by atoms with Crippen molar-refractivity contribution in [3.05, 3.63) is 109 Å². The number of imidazole rings is 1. The maximum absolute atomic E-state index is 12.4. The zero-order valence-corrected chi connectivity index (χ0v) is 31.4. The van der Waals surface area contributed by atoms with Crippen LogP contribution in [0.15, 0.2) is 97.5 Å². The van der Waals surface area contributed by atoms with Gasteiger partial charge in [0.1, 0.15) is 11.5 Å². The molecule has 1 aromatic heterocycles. The Morgan fingerprint density at radius 1 is 0.737 bits per heavy atom. The van der Waals surface area contributed by atoms with E-state index in [-0.39, 0.29) is 24.1 Å². The van der Waals surface area contributed by atoms with Gasteiger partial charge in [0, 0.05) is 24.5 Å². The first-order valence-electron chi connectivity index (χ1n) is 17.9. The van der Waals surface area contributed by atoms with Gasteiger partial charge in [-0.3, -0.25) is 9.80 Å². The van der Waals surface area contributed by atoms with Gasteiger partial charge in [-0.05, 0) is 84.6 Å². The van der Waals surface area contributed by atoms with E-state index in [0.717, 1.165) is 75.7 Å². The third-order valence-electron chi connectivity index (χ3n) is 8.55. The molecule has 16 heteroatoms. The lowest BCUT2D eigenvalue weighted by molar-refractivity contribution is 0.251. The minimum absolute atomic E-state index is 0.0481. The summed E-state index contributed by atoms with van der Waals surface area (Å²) in [5, 5.41) is 13.1. The van der Waals surface area contributed by atoms with Crippen LogP contribution in [0.25, 0.3) is 11.0 Å². The van der Waals surface area contributed by atoms with E-state index in [1.54, 1.807) is 28.3 Å². The number of carbonyl (C=O) groups excluding carboxylic acids is 5. The van der Waals surface area contributed by atoms with E-state index in [0.29, 0.717) is 43.9 Å². The molecular formula is C41H44N8O8. The number of hydrogen-bond donors (Lipinski definition) is 6. The number of aliphatic hydroxyl groups is 1. The van der Waals surface area contributed by atoms with Gasteiger partial charge in [0.25, 0.3) is 0 Å². The standard InChI is InChI=1S/C19H20N4O2.C18H22N4O2.C2H2O2.C2O2/c1-2-9-25-15-6-3-13(4-7-15)18-11-20-19(24)23(18)14-5-8-16-17(10-14)22-12-21-16;1-2-9-24-14-6-3-12(4-7-14)17-11-21-18(23)22(17)13-5-8-15(19)16(20)10-13;2*3-1-2-4/h3-8,10,12,18H,2,9,11H2,1H3,(H,20,24)(H,21,22);3-8,10,17H,2,9,11,19-20H2,1H3,(H,21,23);1,3H;/t18-;17-;;/m11../s1/i;;2-1;1-1. The number of benzene rings is 4. The van der Waals surface area contributed by atoms with Gasteiger partial charge in [-0.15, -0.1) is 0 Å². The van der Waals surface area contributed by atoms with Crippen molar-refractivity contribution >= 4 is 63.7 Å². The third kappa shape index (κ3) is 11.3. The number of aliphatic hydroxyl groups excluding tert-OH is 1. The Bertz CT molecular complexity index is 2200. The Labute approximate surface area is 328 Å². The molecular weight excluding hydrogens is 730 g/mol. The maximum atomic E-state index is 12.4. The second-order valence-corrected chi connectivity index (χ2v) is 12.3. The molecule has 3 heterocycles. The Hall–Kier alpha value is -7.50. The molecule has 2 saturated heterocycles. The van der Waals surface area contributed by atoms with E-state index in [1.165, 1.54) is 0 Å². The molecule has 0 saturated carbocycles. The van der Waals surface area contributed by atoms with Crippen LogP contribution in [0.1, 0.15) is 49.9 Å². The number of anilines is 4. The van der Waals surface area contributed by atoms with Crippen LogP contribution >= 0.6 is 0 Å². The summed E-state index contributed by atoms with van der Waals surface area (Å²) < 4.78 is 11.2. The lowest BCUT2D eigenvalue weighted by Crippen LogP contribution is -2.29. The van der Waals surface area contributed by atoms with Crippen molar-refractivity contribution in [3.63, 3.8) is 0 Å². The number of nitrogens with zero attached hydrogens (tertiary/aromatic N) is 3. The van der Waals surface area contributed by atoms with Crippen molar-refractivity contribution in [1.82, 2.24) is 20.6 Å². The van der Waals surface area contributed by atoms with Gasteiger partial charge in [0.2, 0.25) is 11.9 Å². The topological polar surface area (TPSA) is 235 Å². The highest BCUT2D eigenvalue weighted by molar-refractivity contribution is 5.97. The first-order valence-corrected chi connectivity index (χ1v) is 17.9. The smallest absolute Gasteiger partial charge is 0.322 e. The Morgan fingerprint density at radius 3 is 1.65 bits per heavy atom. The first kappa shape index (κ1) is 42.2. The fourth-order valence-corrected chi connectivity index (χ4v) is 5.93. The molecule has 2 atom stereocenters. The van der Waals surface area contributed by atoms with E-state index >= 15 is 0 Å². The second-order valence-electron chi connectivity index (χ2n) is 12.3. The molecule has 0 unspecified atom stereocenters. The summed E-state index contributed by atoms with van der Waals surface area (Å²) >= 11 is 0. The summed E-state index contributed by atoms with van der Waals surface area (Å²) in [5.41, 5.74) is 18.1. The first-order chi connectivity index (χ1) is 27.7. The second kappa shape index (κ2) is 21.4. The van der Waals surface area contributed by atoms with Crippen LogP contribution in [0.3, 0.4) is 0 Å². The molecule has 0 spiro atoms. The molecule has 0 radical (unpaired) electrons. The van der Waals surface area contributed by atoms with Gasteiger partial charge in [-0.2, -0.15) is 0 Å². The van der Waals surface area contributed by atoms with E-state index in [1.807, 2.05) is 72.8 Å². The molecule has 4 amide bonds. The largest absolute Gasteiger partial charge is 0.504 e. The third-order valence-corrected chi connectivity index (χ3v) is 8.55. The van der Waals surface area contributed by atoms with Crippen LogP contribution in [0.4, 0.5) is 32.3 Å². The van der Waals surface area contributed by atoms with Gasteiger partial charge in [0.05, 0.1) is 54.0 Å². The molecule has 296 valence electrons. The van der Waals surface area contributed by atoms with Gasteiger partial charge in [-0.25, -0.2) is 29.0 Å². The lowest BCUT2D eigenvalue weighted by Gasteiger charge is -2.24. The molecule has 2 aliphatic heterocycles. The van der Waals surface area contributed by atoms with Crippen molar-refractivity contribution < 1.29 is 38.6 Å². The molecule has 8 N–H and O–H groups in total. The molecule has 57 heavy (non-hydrogen) atoms. The summed E-state index contributed by atoms with van der Waals surface area (Å²) in [6.45, 7) is 6.67. The van der Waals surface area contributed by atoms with Crippen LogP contribution in [0, 0.1) is 0 Å². The average molecular weight is 775 g/mol. The van der Waals surface area contributed by atoms with Crippen molar-refractivity contribution in [2.24, 2.45) is 0 Å². The molecule has 16 nitrogen and oxygen atoms in total. The Kier molecular flexibility index (Phi) is 15.9. The number of fused-ring (bicyclic) bond motifs is 1. The predicted molar refractivity (Wildman–Crippen MR) is 217 cm³/mol. The number of H-pyrrole nitrogens is 1. The fraction of sp³-hybridized carbons (Fsp3) is 0.244. The van der Waals surface area contributed by atoms with Crippen LogP contribution in [0.5, 0.6) is 11.5 Å². The van der Waals surface area contributed by atoms with Crippen molar-refractivity contribution in [2.75, 3.05) is 47.6 Å². The van der Waals surface area contributed by atoms with Crippen molar-refractivity contribution in [2.45, 2.75) is 38.8 Å². The number of urea groups is 2. The lowest BCUT2D eigenvalue weighted by atomic mass is 10.1. The fourth-order valence-electron chi connectivity index (χ4n) is 5.93. The summed E-state index contributed by atoms with van der Waals surface area (Å²) in [6.07, 6.45) is 3.92. The minimum Gasteiger partial charge on any atom is -0.504 e. The van der Waals surface area contributed by atoms with Gasteiger partial charge in [-0.1, -0.05) is 38.1 Å². The van der Waals surface area contributed by atoms with Crippen LogP contribution < -0.4 is 41.4 Å². The van der Waals surface area contributed by atoms with Crippen molar-refractivity contribution in [3.8, 4) is 11.5 Å². The highest BCUT2D eigenvalue weighted by Crippen LogP contribution is 2.34. The van der Waals surface area contributed by atoms with E-state index in [9.17, 15) is 9.59 Å². The van der Waals surface area contributed by atoms with Crippen LogP contribution in [-0.4, -0.2) is 71.3 Å². The zero-order valence-electron chi connectivity index (χ0n) is 31.4. The number of amides is 4. The molecule has 0 aliphatic carbocycles. The molecule has 4 aromatic carbocycles. The molecule has 7 rings (SSSR count). The number of nitrogens with one attached hydrogen (secondary N) is 3. The number of rotatable bonds is 10. The number of aromatic nitrogens is 2. The van der Waals surface area contributed by atoms with E-state index in [2.05, 4.69) is 34.4 Å². The monoisotopic (exact) mass is 774 g/mol. The summed E-state index contributed by atoms with van der Waals surface area (Å²) in [7, 11) is 0. The van der Waals surface area contributed by atoms with Gasteiger partial charge < -0.3 is 41.7 Å². The summed E-state index contributed by atoms with van der Waals surface area (Å²) in [5.74, 6) is 4.55. The van der Waals surface area contributed by atoms with Crippen LogP contribution in [-0.2, 0) is 14.4 Å². The Morgan fingerprint density at radius 2 is 1.21 bits per heavy atom. The average Bonchev–Trinajstić information content (AvgIpc) is 3.99. The predicted octanol–water partition coefficient (Wildman–Crippen LogP) is 5.63. The highest BCUT2D eigenvalue weighted by atomic mass is 16.5. The number of carbonyl (C=O) groups is 2. The van der Waals surface area contributed by atoms with Gasteiger partial charge in [0.15, 0.2) is 12.2 Å². The SMILES string of the molecule is CCCOc1ccc([C@H]2CNC(=O)N2c2ccc(N)c(N)c2)cc1.CCCOc1ccc([C@H]2CNC(=O)N2c2ccc3nc[nH]c3c2)cc1.O=C=[11C]=O.O=[11C]=CO. The number of ether oxygens (including phenoxy) is 2. The number of nitrogens with two attached hydrogens (primary N) is 2. The number of hydrogen-bond acceptors (Lipinski definition) is 11. The van der Waals surface area contributed by atoms with Gasteiger partial charge >= 0.3 is 12.1 Å². The summed E-state index contributed by atoms with van der Waals surface area (Å²) in [4.78, 5) is 61.5. The molecule has 5 aromatic rings. The van der Waals surface area contributed by atoms with Crippen molar-refractivity contribution in [1.29, 1.82) is 0 Å². The maximum Gasteiger partial charge on any atom is 0.322 e. The normalized spacial score (nSPS) is 15.1. The van der Waals surface area contributed by atoms with Crippen LogP contribution in [0.2, 0.25) is 0 Å². The van der Waals surface area contributed by atoms with E-state index < -0.39 is 0 Å². The molecule has 0 bridgehead atoms. The number of nitrogen functional groups attached to an aromatic ring is 2. The summed E-state index contributed by atoms with van der Waals surface area (Å²) in [6, 6.07) is 26.5. The highest BCUT2D eigenvalue weighted by Gasteiger charge is 2.34. The minimum atomic E-state index is -0.143. The quantitative estimate of drug-likeness (QED) is 0.0578. The molecule has 2 aliphatic rings. The number of aromatic amines is 1. The zero-order chi connectivity index (χ0) is 41.2. The molecule has 2 fully saturated rings. The van der Waals surface area contributed by atoms with E-state index in [4.69, 9.17) is 40.4 Å².